The van der Waals surface area contributed by atoms with Gasteiger partial charge in [-0.2, -0.15) is 0 Å². The molecule has 110 valence electrons. The quantitative estimate of drug-likeness (QED) is 0.764. The number of piperidine rings is 1. The van der Waals surface area contributed by atoms with E-state index < -0.39 is 11.6 Å². The Bertz CT molecular complexity index is 479. The number of nitrogens with zero attached hydrogens (tertiary/aromatic N) is 1. The van der Waals surface area contributed by atoms with Crippen LogP contribution < -0.4 is 0 Å². The molecule has 1 fully saturated rings. The maximum atomic E-state index is 13.6. The van der Waals surface area contributed by atoms with Crippen molar-refractivity contribution in [2.45, 2.75) is 25.7 Å². The van der Waals surface area contributed by atoms with Gasteiger partial charge in [-0.25, -0.2) is 8.78 Å². The Hall–Kier alpha value is -0.970. The lowest BCUT2D eigenvalue weighted by Crippen LogP contribution is -2.40. The molecule has 5 heteroatoms. The summed E-state index contributed by atoms with van der Waals surface area (Å²) in [6, 6.07) is 3.97. The van der Waals surface area contributed by atoms with Gasteiger partial charge < -0.3 is 4.90 Å². The first kappa shape index (κ1) is 15.4. The van der Waals surface area contributed by atoms with Gasteiger partial charge in [0.1, 0.15) is 0 Å². The molecule has 1 aliphatic rings. The Labute approximate surface area is 126 Å². The fourth-order valence-corrected chi connectivity index (χ4v) is 3.29. The summed E-state index contributed by atoms with van der Waals surface area (Å²) >= 11 is 3.42. The molecule has 0 aromatic heterocycles. The summed E-state index contributed by atoms with van der Waals surface area (Å²) in [7, 11) is 0. The van der Waals surface area contributed by atoms with Crippen LogP contribution in [0, 0.1) is 17.6 Å². The molecule has 20 heavy (non-hydrogen) atoms. The molecular formula is C15H18BrF2NO. The first-order valence-corrected chi connectivity index (χ1v) is 8.00. The summed E-state index contributed by atoms with van der Waals surface area (Å²) in [5.41, 5.74) is 0.137. The zero-order valence-electron chi connectivity index (χ0n) is 11.2. The van der Waals surface area contributed by atoms with Crippen LogP contribution in [0.25, 0.3) is 0 Å². The summed E-state index contributed by atoms with van der Waals surface area (Å²) in [4.78, 5) is 14.0. The van der Waals surface area contributed by atoms with Crippen molar-refractivity contribution in [1.82, 2.24) is 4.90 Å². The largest absolute Gasteiger partial charge is 0.342 e. The normalized spacial score (nSPS) is 19.1. The molecule has 0 saturated carbocycles. The van der Waals surface area contributed by atoms with Gasteiger partial charge in [-0.05, 0) is 31.2 Å². The topological polar surface area (TPSA) is 20.3 Å². The lowest BCUT2D eigenvalue weighted by atomic mass is 9.95. The van der Waals surface area contributed by atoms with Crippen molar-refractivity contribution in [1.29, 1.82) is 0 Å². The fraction of sp³-hybridized carbons (Fsp3) is 0.533. The molecule has 1 amide bonds. The standard InChI is InChI=1S/C15H18BrF2NO/c16-7-6-11-3-2-8-19(10-11)14(20)9-12-4-1-5-13(17)15(12)18/h1,4-5,11H,2-3,6-10H2. The Morgan fingerprint density at radius 1 is 1.40 bits per heavy atom. The first-order chi connectivity index (χ1) is 9.61. The minimum Gasteiger partial charge on any atom is -0.342 e. The maximum absolute atomic E-state index is 13.6. The number of hydrogen-bond acceptors (Lipinski definition) is 1. The molecule has 0 aliphatic carbocycles. The van der Waals surface area contributed by atoms with Crippen LogP contribution in [-0.4, -0.2) is 29.2 Å². The summed E-state index contributed by atoms with van der Waals surface area (Å²) in [6.45, 7) is 1.44. The third-order valence-corrected chi connectivity index (χ3v) is 4.22. The van der Waals surface area contributed by atoms with E-state index in [1.807, 2.05) is 0 Å². The molecule has 0 bridgehead atoms. The second kappa shape index (κ2) is 7.16. The van der Waals surface area contributed by atoms with Crippen molar-refractivity contribution >= 4 is 21.8 Å². The van der Waals surface area contributed by atoms with Gasteiger partial charge in [-0.15, -0.1) is 0 Å². The summed E-state index contributed by atoms with van der Waals surface area (Å²) in [5.74, 6) is -1.42. The third-order valence-electron chi connectivity index (χ3n) is 3.76. The number of halogens is 3. The number of hydrogen-bond donors (Lipinski definition) is 0. The lowest BCUT2D eigenvalue weighted by molar-refractivity contribution is -0.132. The van der Waals surface area contributed by atoms with Crippen molar-refractivity contribution in [3.05, 3.63) is 35.4 Å². The number of benzene rings is 1. The average Bonchev–Trinajstić information content (AvgIpc) is 2.44. The highest BCUT2D eigenvalue weighted by Gasteiger charge is 2.24. The number of alkyl halides is 1. The molecular weight excluding hydrogens is 328 g/mol. The minimum absolute atomic E-state index is 0.0649. The van der Waals surface area contributed by atoms with E-state index in [2.05, 4.69) is 15.9 Å². The van der Waals surface area contributed by atoms with Gasteiger partial charge in [0.2, 0.25) is 5.91 Å². The summed E-state index contributed by atoms with van der Waals surface area (Å²) in [5, 5.41) is 0.929. The molecule has 2 nitrogen and oxygen atoms in total. The molecule has 0 radical (unpaired) electrons. The molecule has 1 unspecified atom stereocenters. The number of amides is 1. The smallest absolute Gasteiger partial charge is 0.227 e. The van der Waals surface area contributed by atoms with Gasteiger partial charge in [0.15, 0.2) is 11.6 Å². The van der Waals surface area contributed by atoms with Gasteiger partial charge in [-0.3, -0.25) is 4.79 Å². The highest BCUT2D eigenvalue weighted by molar-refractivity contribution is 9.09. The molecule has 0 spiro atoms. The lowest BCUT2D eigenvalue weighted by Gasteiger charge is -2.32. The van der Waals surface area contributed by atoms with E-state index in [4.69, 9.17) is 0 Å². The second-order valence-electron chi connectivity index (χ2n) is 5.22. The summed E-state index contributed by atoms with van der Waals surface area (Å²) in [6.07, 6.45) is 3.08. The highest BCUT2D eigenvalue weighted by atomic mass is 79.9. The molecule has 1 saturated heterocycles. The maximum Gasteiger partial charge on any atom is 0.227 e. The van der Waals surface area contributed by atoms with Crippen LogP contribution in [0.2, 0.25) is 0 Å². The van der Waals surface area contributed by atoms with Crippen LogP contribution in [0.4, 0.5) is 8.78 Å². The summed E-state index contributed by atoms with van der Waals surface area (Å²) < 4.78 is 26.7. The Kier molecular flexibility index (Phi) is 5.52. The van der Waals surface area contributed by atoms with Crippen molar-refractivity contribution in [3.8, 4) is 0 Å². The molecule has 1 aromatic rings. The van der Waals surface area contributed by atoms with E-state index in [1.165, 1.54) is 12.1 Å². The average molecular weight is 346 g/mol. The fourth-order valence-electron chi connectivity index (χ4n) is 2.64. The predicted octanol–water partition coefficient (Wildman–Crippen LogP) is 3.53. The molecule has 1 atom stereocenters. The number of carbonyl (C=O) groups is 1. The van der Waals surface area contributed by atoms with E-state index in [-0.39, 0.29) is 17.9 Å². The SMILES string of the molecule is O=C(Cc1cccc(F)c1F)N1CCCC(CCBr)C1. The number of carbonyl (C=O) groups excluding carboxylic acids is 1. The highest BCUT2D eigenvalue weighted by Crippen LogP contribution is 2.21. The molecule has 1 aromatic carbocycles. The van der Waals surface area contributed by atoms with Gasteiger partial charge >= 0.3 is 0 Å². The van der Waals surface area contributed by atoms with E-state index in [9.17, 15) is 13.6 Å². The predicted molar refractivity (Wildman–Crippen MR) is 77.8 cm³/mol. The number of rotatable bonds is 4. The molecule has 0 N–H and O–H groups in total. The van der Waals surface area contributed by atoms with Crippen LogP contribution >= 0.6 is 15.9 Å². The van der Waals surface area contributed by atoms with Gasteiger partial charge in [0, 0.05) is 24.0 Å². The Morgan fingerprint density at radius 3 is 2.95 bits per heavy atom. The van der Waals surface area contributed by atoms with Crippen molar-refractivity contribution in [3.63, 3.8) is 0 Å². The zero-order chi connectivity index (χ0) is 14.5. The van der Waals surface area contributed by atoms with Crippen LogP contribution in [-0.2, 0) is 11.2 Å². The van der Waals surface area contributed by atoms with Crippen molar-refractivity contribution in [2.24, 2.45) is 5.92 Å². The zero-order valence-corrected chi connectivity index (χ0v) is 12.8. The van der Waals surface area contributed by atoms with E-state index >= 15 is 0 Å². The van der Waals surface area contributed by atoms with Gasteiger partial charge in [0.05, 0.1) is 6.42 Å². The monoisotopic (exact) mass is 345 g/mol. The van der Waals surface area contributed by atoms with E-state index in [0.717, 1.165) is 37.2 Å². The van der Waals surface area contributed by atoms with Crippen LogP contribution in [0.3, 0.4) is 0 Å². The van der Waals surface area contributed by atoms with Crippen LogP contribution in [0.5, 0.6) is 0 Å². The van der Waals surface area contributed by atoms with Crippen molar-refractivity contribution < 1.29 is 13.6 Å². The minimum atomic E-state index is -0.908. The first-order valence-electron chi connectivity index (χ1n) is 6.88. The van der Waals surface area contributed by atoms with Gasteiger partial charge in [0.25, 0.3) is 0 Å². The van der Waals surface area contributed by atoms with E-state index in [1.54, 1.807) is 4.90 Å². The molecule has 2 rings (SSSR count). The van der Waals surface area contributed by atoms with Crippen LogP contribution in [0.1, 0.15) is 24.8 Å². The number of likely N-dealkylation sites (tertiary alicyclic amines) is 1. The Balaban J connectivity index is 1.99. The van der Waals surface area contributed by atoms with Crippen molar-refractivity contribution in [2.75, 3.05) is 18.4 Å². The second-order valence-corrected chi connectivity index (χ2v) is 6.01. The van der Waals surface area contributed by atoms with E-state index in [0.29, 0.717) is 12.5 Å². The Morgan fingerprint density at radius 2 is 2.20 bits per heavy atom. The van der Waals surface area contributed by atoms with Gasteiger partial charge in [-0.1, -0.05) is 28.1 Å². The third kappa shape index (κ3) is 3.78. The van der Waals surface area contributed by atoms with Crippen LogP contribution in [0.15, 0.2) is 18.2 Å². The molecule has 1 aliphatic heterocycles. The molecule has 1 heterocycles.